The lowest BCUT2D eigenvalue weighted by Crippen LogP contribution is -2.15. The van der Waals surface area contributed by atoms with Crippen molar-refractivity contribution in [1.82, 2.24) is 0 Å². The molecule has 0 saturated heterocycles. The molecule has 1 atom stereocenters. The number of rotatable bonds is 6. The Morgan fingerprint density at radius 2 is 1.61 bits per heavy atom. The van der Waals surface area contributed by atoms with Crippen LogP contribution in [0, 0.1) is 0 Å². The molecule has 0 aliphatic carbocycles. The van der Waals surface area contributed by atoms with E-state index in [9.17, 15) is 16.8 Å². The second kappa shape index (κ2) is 5.81. The highest BCUT2D eigenvalue weighted by atomic mass is 32.2. The lowest BCUT2D eigenvalue weighted by atomic mass is 10.1. The van der Waals surface area contributed by atoms with E-state index in [1.807, 2.05) is 0 Å². The zero-order chi connectivity index (χ0) is 13.8. The minimum absolute atomic E-state index is 0.107. The first-order valence-electron chi connectivity index (χ1n) is 5.28. The van der Waals surface area contributed by atoms with Crippen LogP contribution in [-0.2, 0) is 24.1 Å². The first-order chi connectivity index (χ1) is 8.20. The van der Waals surface area contributed by atoms with Crippen molar-refractivity contribution >= 4 is 20.0 Å². The molecule has 0 bridgehead atoms. The largest absolute Gasteiger partial charge is 0.270 e. The molecule has 1 rings (SSSR count). The van der Waals surface area contributed by atoms with Crippen LogP contribution >= 0.6 is 0 Å². The van der Waals surface area contributed by atoms with Crippen LogP contribution < -0.4 is 0 Å². The molecule has 7 heteroatoms. The van der Waals surface area contributed by atoms with E-state index in [-0.39, 0.29) is 13.0 Å². The second-order valence-electron chi connectivity index (χ2n) is 4.04. The molecule has 0 spiro atoms. The van der Waals surface area contributed by atoms with Crippen molar-refractivity contribution in [3.8, 4) is 0 Å². The van der Waals surface area contributed by atoms with Gasteiger partial charge in [0.25, 0.3) is 10.1 Å². The summed E-state index contributed by atoms with van der Waals surface area (Å²) < 4.78 is 49.6. The SMILES string of the molecule is CS(=O)(=O)OCCC(c1ccccc1)S(C)(=O)=O. The predicted octanol–water partition coefficient (Wildman–Crippen LogP) is 1.14. The summed E-state index contributed by atoms with van der Waals surface area (Å²) in [5, 5.41) is -0.750. The summed E-state index contributed by atoms with van der Waals surface area (Å²) in [6.45, 7) is -0.147. The topological polar surface area (TPSA) is 77.5 Å². The van der Waals surface area contributed by atoms with Crippen LogP contribution in [-0.4, -0.2) is 36.0 Å². The maximum atomic E-state index is 11.7. The molecular weight excluding hydrogens is 276 g/mol. The fraction of sp³-hybridized carbons (Fsp3) is 0.455. The summed E-state index contributed by atoms with van der Waals surface area (Å²) in [5.74, 6) is 0. The smallest absolute Gasteiger partial charge is 0.264 e. The van der Waals surface area contributed by atoms with Crippen LogP contribution in [0.1, 0.15) is 17.2 Å². The molecule has 0 radical (unpaired) electrons. The third kappa shape index (κ3) is 5.16. The van der Waals surface area contributed by atoms with Crippen molar-refractivity contribution in [2.75, 3.05) is 19.1 Å². The van der Waals surface area contributed by atoms with Crippen molar-refractivity contribution in [2.24, 2.45) is 0 Å². The Balaban J connectivity index is 2.83. The summed E-state index contributed by atoms with van der Waals surface area (Å²) in [4.78, 5) is 0. The molecule has 5 nitrogen and oxygen atoms in total. The van der Waals surface area contributed by atoms with Gasteiger partial charge in [-0.1, -0.05) is 30.3 Å². The van der Waals surface area contributed by atoms with Gasteiger partial charge in [0.05, 0.1) is 18.1 Å². The molecule has 0 fully saturated rings. The molecule has 0 aliphatic heterocycles. The van der Waals surface area contributed by atoms with E-state index in [0.29, 0.717) is 5.56 Å². The standard InChI is InChI=1S/C11H16O5S2/c1-17(12,13)11(8-9-16-18(2,14)15)10-6-4-3-5-7-10/h3-7,11H,8-9H2,1-2H3. The normalized spacial score (nSPS) is 14.3. The van der Waals surface area contributed by atoms with Crippen molar-refractivity contribution in [3.05, 3.63) is 35.9 Å². The Labute approximate surface area is 108 Å². The van der Waals surface area contributed by atoms with Crippen LogP contribution in [0.3, 0.4) is 0 Å². The Bertz CT molecular complexity index is 575. The summed E-state index contributed by atoms with van der Waals surface area (Å²) in [6.07, 6.45) is 2.17. The van der Waals surface area contributed by atoms with Gasteiger partial charge < -0.3 is 0 Å². The third-order valence-corrected chi connectivity index (χ3v) is 4.50. The second-order valence-corrected chi connectivity index (χ2v) is 7.92. The first kappa shape index (κ1) is 15.1. The molecule has 1 unspecified atom stereocenters. The average Bonchev–Trinajstić information content (AvgIpc) is 2.22. The third-order valence-electron chi connectivity index (χ3n) is 2.37. The Morgan fingerprint density at radius 3 is 2.06 bits per heavy atom. The maximum Gasteiger partial charge on any atom is 0.264 e. The van der Waals surface area contributed by atoms with E-state index in [1.165, 1.54) is 0 Å². The number of sulfone groups is 1. The minimum Gasteiger partial charge on any atom is -0.270 e. The van der Waals surface area contributed by atoms with Gasteiger partial charge in [0.2, 0.25) is 0 Å². The molecule has 18 heavy (non-hydrogen) atoms. The number of hydrogen-bond acceptors (Lipinski definition) is 5. The van der Waals surface area contributed by atoms with Gasteiger partial charge in [-0.15, -0.1) is 0 Å². The van der Waals surface area contributed by atoms with Gasteiger partial charge >= 0.3 is 0 Å². The van der Waals surface area contributed by atoms with Crippen LogP contribution in [0.4, 0.5) is 0 Å². The summed E-state index contributed by atoms with van der Waals surface area (Å²) in [5.41, 5.74) is 0.636. The minimum atomic E-state index is -3.54. The Kier molecular flexibility index (Phi) is 4.89. The van der Waals surface area contributed by atoms with Gasteiger partial charge in [-0.25, -0.2) is 8.42 Å². The van der Waals surface area contributed by atoms with Crippen molar-refractivity contribution in [3.63, 3.8) is 0 Å². The Hall–Kier alpha value is -0.920. The highest BCUT2D eigenvalue weighted by Gasteiger charge is 2.22. The van der Waals surface area contributed by atoms with Crippen LogP contribution in [0.25, 0.3) is 0 Å². The lowest BCUT2D eigenvalue weighted by molar-refractivity contribution is 0.313. The van der Waals surface area contributed by atoms with E-state index in [4.69, 9.17) is 0 Å². The van der Waals surface area contributed by atoms with Gasteiger partial charge in [-0.3, -0.25) is 4.18 Å². The van der Waals surface area contributed by atoms with Crippen LogP contribution in [0.15, 0.2) is 30.3 Å². The molecule has 1 aromatic rings. The van der Waals surface area contributed by atoms with E-state index in [2.05, 4.69) is 4.18 Å². The average molecular weight is 292 g/mol. The zero-order valence-corrected chi connectivity index (χ0v) is 11.9. The molecule has 1 aromatic carbocycles. The fourth-order valence-corrected chi connectivity index (χ4v) is 3.18. The molecule has 0 heterocycles. The maximum absolute atomic E-state index is 11.7. The molecular formula is C11H16O5S2. The quantitative estimate of drug-likeness (QED) is 0.735. The number of benzene rings is 1. The van der Waals surface area contributed by atoms with Crippen molar-refractivity contribution in [1.29, 1.82) is 0 Å². The Morgan fingerprint density at radius 1 is 1.06 bits per heavy atom. The van der Waals surface area contributed by atoms with E-state index in [0.717, 1.165) is 12.5 Å². The van der Waals surface area contributed by atoms with Gasteiger partial charge in [0.15, 0.2) is 9.84 Å². The number of hydrogen-bond donors (Lipinski definition) is 0. The molecule has 102 valence electrons. The summed E-state index contributed by atoms with van der Waals surface area (Å²) in [6, 6.07) is 8.67. The van der Waals surface area contributed by atoms with Gasteiger partial charge in [0, 0.05) is 6.26 Å². The summed E-state index contributed by atoms with van der Waals surface area (Å²) >= 11 is 0. The fourth-order valence-electron chi connectivity index (χ4n) is 1.60. The van der Waals surface area contributed by atoms with E-state index in [1.54, 1.807) is 30.3 Å². The molecule has 0 saturated carbocycles. The van der Waals surface area contributed by atoms with Crippen LogP contribution in [0.2, 0.25) is 0 Å². The monoisotopic (exact) mass is 292 g/mol. The van der Waals surface area contributed by atoms with Crippen molar-refractivity contribution in [2.45, 2.75) is 11.7 Å². The van der Waals surface area contributed by atoms with Crippen LogP contribution in [0.5, 0.6) is 0 Å². The molecule has 0 amide bonds. The summed E-state index contributed by atoms with van der Waals surface area (Å²) in [7, 11) is -6.85. The van der Waals surface area contributed by atoms with Gasteiger partial charge in [0.1, 0.15) is 0 Å². The van der Waals surface area contributed by atoms with Crippen molar-refractivity contribution < 1.29 is 21.0 Å². The molecule has 0 aromatic heterocycles. The molecule has 0 N–H and O–H groups in total. The predicted molar refractivity (Wildman–Crippen MR) is 69.4 cm³/mol. The highest BCUT2D eigenvalue weighted by molar-refractivity contribution is 7.90. The van der Waals surface area contributed by atoms with E-state index < -0.39 is 25.2 Å². The zero-order valence-electron chi connectivity index (χ0n) is 10.2. The van der Waals surface area contributed by atoms with Gasteiger partial charge in [-0.05, 0) is 12.0 Å². The first-order valence-corrected chi connectivity index (χ1v) is 9.05. The van der Waals surface area contributed by atoms with Gasteiger partial charge in [-0.2, -0.15) is 8.42 Å². The van der Waals surface area contributed by atoms with E-state index >= 15 is 0 Å². The molecule has 0 aliphatic rings. The highest BCUT2D eigenvalue weighted by Crippen LogP contribution is 2.25. The lowest BCUT2D eigenvalue weighted by Gasteiger charge is -2.15.